The lowest BCUT2D eigenvalue weighted by molar-refractivity contribution is -0.126. The quantitative estimate of drug-likeness (QED) is 0.529. The highest BCUT2D eigenvalue weighted by molar-refractivity contribution is 8.00. The van der Waals surface area contributed by atoms with E-state index < -0.39 is 5.25 Å². The zero-order chi connectivity index (χ0) is 22.5. The summed E-state index contributed by atoms with van der Waals surface area (Å²) in [6, 6.07) is 17.5. The monoisotopic (exact) mass is 451 g/mol. The van der Waals surface area contributed by atoms with Crippen molar-refractivity contribution in [3.05, 3.63) is 60.2 Å². The summed E-state index contributed by atoms with van der Waals surface area (Å²) in [5.41, 5.74) is 2.12. The van der Waals surface area contributed by atoms with Crippen molar-refractivity contribution < 1.29 is 14.3 Å². The highest BCUT2D eigenvalue weighted by Gasteiger charge is 2.31. The molecule has 2 aromatic carbocycles. The van der Waals surface area contributed by atoms with Crippen LogP contribution in [-0.4, -0.2) is 57.1 Å². The molecule has 9 heteroatoms. The number of benzene rings is 2. The molecule has 166 valence electrons. The first-order valence-corrected chi connectivity index (χ1v) is 11.3. The molecule has 1 atom stereocenters. The van der Waals surface area contributed by atoms with Gasteiger partial charge in [-0.05, 0) is 43.2 Å². The largest absolute Gasteiger partial charge is 0.497 e. The number of amides is 3. The predicted octanol–water partition coefficient (Wildman–Crippen LogP) is 3.23. The number of aromatic nitrogens is 3. The number of rotatable bonds is 8. The second-order valence-electron chi connectivity index (χ2n) is 7.40. The minimum Gasteiger partial charge on any atom is -0.497 e. The van der Waals surface area contributed by atoms with E-state index >= 15 is 0 Å². The fourth-order valence-corrected chi connectivity index (χ4v) is 4.46. The Morgan fingerprint density at radius 3 is 2.56 bits per heavy atom. The van der Waals surface area contributed by atoms with Gasteiger partial charge in [0.2, 0.25) is 5.91 Å². The Balaban J connectivity index is 1.59. The zero-order valence-corrected chi connectivity index (χ0v) is 18.8. The van der Waals surface area contributed by atoms with Gasteiger partial charge in [-0.15, -0.1) is 10.2 Å². The van der Waals surface area contributed by atoms with Crippen molar-refractivity contribution >= 4 is 23.7 Å². The van der Waals surface area contributed by atoms with Crippen LogP contribution in [0, 0.1) is 0 Å². The van der Waals surface area contributed by atoms with Gasteiger partial charge in [-0.2, -0.15) is 0 Å². The average Bonchev–Trinajstić information content (AvgIpc) is 3.43. The Hall–Kier alpha value is -3.33. The molecule has 1 aliphatic rings. The second kappa shape index (κ2) is 9.86. The first-order chi connectivity index (χ1) is 15.6. The molecule has 32 heavy (non-hydrogen) atoms. The Morgan fingerprint density at radius 2 is 1.91 bits per heavy atom. The second-order valence-corrected chi connectivity index (χ2v) is 8.71. The molecular formula is C23H25N5O3S. The van der Waals surface area contributed by atoms with E-state index in [0.29, 0.717) is 24.8 Å². The van der Waals surface area contributed by atoms with E-state index in [1.807, 2.05) is 47.0 Å². The third-order valence-corrected chi connectivity index (χ3v) is 6.35. The predicted molar refractivity (Wildman–Crippen MR) is 123 cm³/mol. The first-order valence-electron chi connectivity index (χ1n) is 10.4. The van der Waals surface area contributed by atoms with Gasteiger partial charge in [0.1, 0.15) is 5.75 Å². The molecule has 8 nitrogen and oxygen atoms in total. The third kappa shape index (κ3) is 4.77. The summed E-state index contributed by atoms with van der Waals surface area (Å²) in [4.78, 5) is 25.9. The van der Waals surface area contributed by atoms with Gasteiger partial charge in [0.25, 0.3) is 0 Å². The molecule has 0 aliphatic carbocycles. The number of nitrogens with zero attached hydrogens (tertiary/aromatic N) is 4. The highest BCUT2D eigenvalue weighted by Crippen LogP contribution is 2.29. The standard InChI is InChI=1S/C23H25N5O3S/c1-16(21(29)28-15-13-24-22(28)30)32-23-26-25-20(18-8-10-19(31-2)11-9-18)27(23)14-12-17-6-4-3-5-7-17/h3-11,16H,12-15H2,1-2H3,(H,24,30). The van der Waals surface area contributed by atoms with Crippen LogP contribution in [0.4, 0.5) is 4.79 Å². The molecule has 1 saturated heterocycles. The van der Waals surface area contributed by atoms with Crippen LogP contribution in [0.3, 0.4) is 0 Å². The molecule has 1 aromatic heterocycles. The van der Waals surface area contributed by atoms with Crippen LogP contribution in [0.25, 0.3) is 11.4 Å². The number of aryl methyl sites for hydroxylation is 1. The maximum Gasteiger partial charge on any atom is 0.324 e. The number of thioether (sulfide) groups is 1. The molecule has 0 radical (unpaired) electrons. The summed E-state index contributed by atoms with van der Waals surface area (Å²) < 4.78 is 7.30. The Labute approximate surface area is 191 Å². The fourth-order valence-electron chi connectivity index (χ4n) is 3.53. The number of carbonyl (C=O) groups excluding carboxylic acids is 2. The van der Waals surface area contributed by atoms with E-state index in [0.717, 1.165) is 23.6 Å². The molecule has 3 amide bonds. The van der Waals surface area contributed by atoms with E-state index in [2.05, 4.69) is 27.6 Å². The normalized spacial score (nSPS) is 14.3. The van der Waals surface area contributed by atoms with Crippen LogP contribution in [0.2, 0.25) is 0 Å². The summed E-state index contributed by atoms with van der Waals surface area (Å²) in [7, 11) is 1.63. The molecular weight excluding hydrogens is 426 g/mol. The molecule has 1 unspecified atom stereocenters. The number of hydrogen-bond acceptors (Lipinski definition) is 6. The third-order valence-electron chi connectivity index (χ3n) is 5.28. The molecule has 3 aromatic rings. The van der Waals surface area contributed by atoms with Gasteiger partial charge in [0.15, 0.2) is 11.0 Å². The summed E-state index contributed by atoms with van der Waals surface area (Å²) >= 11 is 1.32. The molecule has 1 fully saturated rings. The number of urea groups is 1. The maximum atomic E-state index is 12.8. The molecule has 0 saturated carbocycles. The van der Waals surface area contributed by atoms with Crippen molar-refractivity contribution in [1.82, 2.24) is 25.0 Å². The van der Waals surface area contributed by atoms with E-state index in [9.17, 15) is 9.59 Å². The topological polar surface area (TPSA) is 89.4 Å². The summed E-state index contributed by atoms with van der Waals surface area (Å²) in [6.07, 6.45) is 0.798. The van der Waals surface area contributed by atoms with Crippen LogP contribution in [0.15, 0.2) is 59.8 Å². The Bertz CT molecular complexity index is 1080. The number of hydrogen-bond donors (Lipinski definition) is 1. The lowest BCUT2D eigenvalue weighted by atomic mass is 10.1. The van der Waals surface area contributed by atoms with Crippen molar-refractivity contribution in [3.8, 4) is 17.1 Å². The lowest BCUT2D eigenvalue weighted by Crippen LogP contribution is -2.39. The Morgan fingerprint density at radius 1 is 1.16 bits per heavy atom. The van der Waals surface area contributed by atoms with Gasteiger partial charge in [0.05, 0.1) is 12.4 Å². The highest BCUT2D eigenvalue weighted by atomic mass is 32.2. The smallest absolute Gasteiger partial charge is 0.324 e. The van der Waals surface area contributed by atoms with E-state index in [1.54, 1.807) is 14.0 Å². The zero-order valence-electron chi connectivity index (χ0n) is 18.0. The molecule has 0 bridgehead atoms. The number of nitrogens with one attached hydrogen (secondary N) is 1. The van der Waals surface area contributed by atoms with Crippen molar-refractivity contribution in [3.63, 3.8) is 0 Å². The minimum atomic E-state index is -0.470. The number of ether oxygens (including phenoxy) is 1. The van der Waals surface area contributed by atoms with Crippen molar-refractivity contribution in [2.24, 2.45) is 0 Å². The fraction of sp³-hybridized carbons (Fsp3) is 0.304. The summed E-state index contributed by atoms with van der Waals surface area (Å²) in [5, 5.41) is 11.7. The first kappa shape index (κ1) is 21.9. The average molecular weight is 452 g/mol. The van der Waals surface area contributed by atoms with E-state index in [-0.39, 0.29) is 11.9 Å². The van der Waals surface area contributed by atoms with Crippen molar-refractivity contribution in [1.29, 1.82) is 0 Å². The van der Waals surface area contributed by atoms with Gasteiger partial charge in [-0.1, -0.05) is 42.1 Å². The van der Waals surface area contributed by atoms with Crippen molar-refractivity contribution in [2.45, 2.75) is 30.3 Å². The maximum absolute atomic E-state index is 12.8. The molecule has 2 heterocycles. The van der Waals surface area contributed by atoms with Crippen LogP contribution in [-0.2, 0) is 17.8 Å². The van der Waals surface area contributed by atoms with Gasteiger partial charge in [-0.25, -0.2) is 4.79 Å². The van der Waals surface area contributed by atoms with E-state index in [1.165, 1.54) is 22.2 Å². The summed E-state index contributed by atoms with van der Waals surface area (Å²) in [6.45, 7) is 3.32. The number of carbonyl (C=O) groups is 2. The van der Waals surface area contributed by atoms with Crippen molar-refractivity contribution in [2.75, 3.05) is 20.2 Å². The number of methoxy groups -OCH3 is 1. The molecule has 4 rings (SSSR count). The van der Waals surface area contributed by atoms with Gasteiger partial charge in [0, 0.05) is 25.2 Å². The molecule has 0 spiro atoms. The SMILES string of the molecule is COc1ccc(-c2nnc(SC(C)C(=O)N3CCNC3=O)n2CCc2ccccc2)cc1. The summed E-state index contributed by atoms with van der Waals surface area (Å²) in [5.74, 6) is 1.26. The van der Waals surface area contributed by atoms with Crippen LogP contribution < -0.4 is 10.1 Å². The molecule has 1 N–H and O–H groups in total. The van der Waals surface area contributed by atoms with Crippen LogP contribution in [0.1, 0.15) is 12.5 Å². The van der Waals surface area contributed by atoms with E-state index in [4.69, 9.17) is 4.74 Å². The lowest BCUT2D eigenvalue weighted by Gasteiger charge is -2.17. The molecule has 1 aliphatic heterocycles. The van der Waals surface area contributed by atoms with Crippen LogP contribution >= 0.6 is 11.8 Å². The number of imide groups is 1. The van der Waals surface area contributed by atoms with Gasteiger partial charge in [-0.3, -0.25) is 9.69 Å². The minimum absolute atomic E-state index is 0.228. The van der Waals surface area contributed by atoms with Gasteiger partial charge < -0.3 is 14.6 Å². The van der Waals surface area contributed by atoms with Crippen LogP contribution in [0.5, 0.6) is 5.75 Å². The van der Waals surface area contributed by atoms with Gasteiger partial charge >= 0.3 is 6.03 Å². The Kier molecular flexibility index (Phi) is 6.75.